The minimum absolute atomic E-state index is 0. The number of carboxylic acids is 1. The summed E-state index contributed by atoms with van der Waals surface area (Å²) in [4.78, 5) is 34.4. The van der Waals surface area contributed by atoms with Gasteiger partial charge in [-0.15, -0.1) is 22.8 Å². The molecule has 1 aliphatic heterocycles. The van der Waals surface area contributed by atoms with Crippen molar-refractivity contribution in [3.8, 4) is 11.8 Å². The van der Waals surface area contributed by atoms with Crippen LogP contribution in [0.4, 0.5) is 11.4 Å². The average molecular weight is 1240 g/mol. The molecule has 4 unspecified atom stereocenters. The van der Waals surface area contributed by atoms with Crippen molar-refractivity contribution in [1.29, 1.82) is 0 Å². The summed E-state index contributed by atoms with van der Waals surface area (Å²) in [6.45, 7) is 32.2. The molecule has 1 aliphatic rings. The number of aromatic nitrogens is 4. The van der Waals surface area contributed by atoms with Gasteiger partial charge in [0.1, 0.15) is 0 Å². The summed E-state index contributed by atoms with van der Waals surface area (Å²) in [5, 5.41) is 9.78. The number of anilines is 2. The van der Waals surface area contributed by atoms with Crippen LogP contribution < -0.4 is 14.9 Å². The van der Waals surface area contributed by atoms with E-state index in [2.05, 4.69) is 257 Å². The maximum absolute atomic E-state index is 11.9. The van der Waals surface area contributed by atoms with Crippen LogP contribution in [0, 0.1) is 11.8 Å². The molecule has 4 aromatic heterocycles. The summed E-state index contributed by atoms with van der Waals surface area (Å²) in [6, 6.07) is 57.5. The van der Waals surface area contributed by atoms with Crippen LogP contribution in [0.25, 0.3) is 0 Å². The van der Waals surface area contributed by atoms with Crippen molar-refractivity contribution in [2.45, 2.75) is 207 Å². The Hall–Kier alpha value is -7.33. The van der Waals surface area contributed by atoms with Crippen LogP contribution in [0.2, 0.25) is 0 Å². The number of hydrogen-bond donors (Lipinski definition) is 3. The zero-order valence-electron chi connectivity index (χ0n) is 55.8. The van der Waals surface area contributed by atoms with E-state index in [0.717, 1.165) is 75.3 Å². The maximum atomic E-state index is 11.9. The molecule has 5 aromatic carbocycles. The first-order valence-electron chi connectivity index (χ1n) is 32.6. The standard InChI is InChI=1S/C81H95N5O2.Zn/c1-15-17-19-21-23-53-27-34-63(35-28-53)86(64-36-29-54(30-37-64)24-22-20-18-16-2)76-72-45-43-70(84-72)74(57-47-59(78(3,4)5)51-60(48-57)79(6,7)8)68-41-39-66(82-68)65(38-31-55-25-32-56(33-26-55)77(87)88)67-40-42-69(83-67)75(71-44-46-73(76)85-71)58-49-61(80(9,10)11)52-62(50-58)81(12,13)14;/h25-30,32-37,39-52,65,74-76,82,85H,15-24H2,1-14H3,(H,87,88);/q-2;+2. The first kappa shape index (κ1) is 66.1. The molecular formula is C81H95N5O2Zn. The second kappa shape index (κ2) is 27.4. The number of aromatic carboxylic acids is 1. The third-order valence-corrected chi connectivity index (χ3v) is 18.1. The van der Waals surface area contributed by atoms with Crippen molar-refractivity contribution in [3.05, 3.63) is 259 Å². The van der Waals surface area contributed by atoms with E-state index < -0.39 is 11.9 Å². The Morgan fingerprint density at radius 3 is 1.28 bits per heavy atom. The van der Waals surface area contributed by atoms with Crippen LogP contribution in [0.5, 0.6) is 0 Å². The van der Waals surface area contributed by atoms with Crippen LogP contribution in [0.3, 0.4) is 0 Å². The Balaban J connectivity index is 0.00000941. The SMILES string of the molecule is CCCCCCc1ccc(N(c2ccc(CCCCCC)cc2)C2c3ccc([n-]3)C(c3cc(C(C)(C)C)cc(C(C)(C)C)c3)c3ccc([nH]3)C(C#Cc3ccc(C(=O)O)cc3)c3ccc([n-]3)C(c3cc(C(C)(C)C)cc(C(C)(C)C)c3)c3ccc2[nH]3)cc1.[Zn+2]. The van der Waals surface area contributed by atoms with Gasteiger partial charge in [0.15, 0.2) is 0 Å². The molecule has 5 heterocycles. The van der Waals surface area contributed by atoms with E-state index in [1.54, 1.807) is 24.3 Å². The number of rotatable bonds is 16. The number of unbranched alkanes of at least 4 members (excludes halogenated alkanes) is 6. The number of carbonyl (C=O) groups is 1. The van der Waals surface area contributed by atoms with Crippen LogP contribution in [0.15, 0.2) is 158 Å². The number of nitrogens with one attached hydrogen (secondary N) is 2. The van der Waals surface area contributed by atoms with Gasteiger partial charge in [-0.05, 0) is 165 Å². The number of aryl methyl sites for hydroxylation is 2. The molecular weight excluding hydrogens is 1140 g/mol. The van der Waals surface area contributed by atoms with E-state index >= 15 is 0 Å². The van der Waals surface area contributed by atoms with Gasteiger partial charge in [0, 0.05) is 51.5 Å². The summed E-state index contributed by atoms with van der Waals surface area (Å²) in [6.07, 6.45) is 11.9. The normalized spacial score (nSPS) is 16.1. The number of hydrogen-bond acceptors (Lipinski definition) is 2. The minimum atomic E-state index is -0.969. The quantitative estimate of drug-likeness (QED) is 0.0508. The Morgan fingerprint density at radius 1 is 0.461 bits per heavy atom. The number of benzene rings is 5. The van der Waals surface area contributed by atoms with Crippen LogP contribution in [-0.4, -0.2) is 21.0 Å². The van der Waals surface area contributed by atoms with Gasteiger partial charge in [-0.3, -0.25) is 0 Å². The van der Waals surface area contributed by atoms with Gasteiger partial charge in [0.2, 0.25) is 0 Å². The average Bonchev–Trinajstić information content (AvgIpc) is 1.84. The van der Waals surface area contributed by atoms with Gasteiger partial charge in [-0.25, -0.2) is 4.79 Å². The monoisotopic (exact) mass is 1230 g/mol. The molecule has 7 nitrogen and oxygen atoms in total. The van der Waals surface area contributed by atoms with E-state index in [0.29, 0.717) is 0 Å². The summed E-state index contributed by atoms with van der Waals surface area (Å²) in [5.41, 5.74) is 20.4. The Labute approximate surface area is 545 Å². The van der Waals surface area contributed by atoms with Crippen LogP contribution in [0.1, 0.15) is 278 Å². The molecule has 0 saturated carbocycles. The largest absolute Gasteiger partial charge is 2.00 e. The fourth-order valence-corrected chi connectivity index (χ4v) is 12.5. The van der Waals surface area contributed by atoms with Gasteiger partial charge in [-0.1, -0.05) is 232 Å². The Morgan fingerprint density at radius 2 is 0.854 bits per heavy atom. The maximum Gasteiger partial charge on any atom is 2.00 e. The summed E-state index contributed by atoms with van der Waals surface area (Å²) < 4.78 is 0. The predicted molar refractivity (Wildman–Crippen MR) is 365 cm³/mol. The molecule has 458 valence electrons. The molecule has 9 aromatic rings. The minimum Gasteiger partial charge on any atom is -0.663 e. The molecule has 4 atom stereocenters. The molecule has 3 N–H and O–H groups in total. The molecule has 0 radical (unpaired) electrons. The first-order valence-corrected chi connectivity index (χ1v) is 32.6. The zero-order chi connectivity index (χ0) is 62.7. The predicted octanol–water partition coefficient (Wildman–Crippen LogP) is 20.2. The summed E-state index contributed by atoms with van der Waals surface area (Å²) >= 11 is 0. The number of aromatic amines is 2. The third kappa shape index (κ3) is 15.5. The number of carboxylic acid groups (broad SMARTS) is 1. The van der Waals surface area contributed by atoms with E-state index in [-0.39, 0.29) is 64.6 Å². The fraction of sp³-hybridized carbons (Fsp3) is 0.395. The smallest absolute Gasteiger partial charge is 0.663 e. The summed E-state index contributed by atoms with van der Waals surface area (Å²) in [5.74, 6) is 5.11. The Bertz CT molecular complexity index is 3600. The van der Waals surface area contributed by atoms with Crippen molar-refractivity contribution in [2.24, 2.45) is 0 Å². The number of H-pyrrole nitrogens is 2. The zero-order valence-corrected chi connectivity index (χ0v) is 58.8. The molecule has 0 spiro atoms. The molecule has 0 aliphatic carbocycles. The molecule has 0 fully saturated rings. The summed E-state index contributed by atoms with van der Waals surface area (Å²) in [7, 11) is 0. The molecule has 0 saturated heterocycles. The first-order chi connectivity index (χ1) is 41.9. The van der Waals surface area contributed by atoms with Crippen molar-refractivity contribution in [2.75, 3.05) is 4.90 Å². The van der Waals surface area contributed by atoms with Crippen molar-refractivity contribution >= 4 is 17.3 Å². The van der Waals surface area contributed by atoms with Crippen LogP contribution >= 0.6 is 0 Å². The molecule has 10 rings (SSSR count). The van der Waals surface area contributed by atoms with E-state index in [1.165, 1.54) is 95.9 Å². The number of fused-ring (bicyclic) bond motifs is 8. The molecule has 89 heavy (non-hydrogen) atoms. The van der Waals surface area contributed by atoms with E-state index in [1.807, 2.05) is 0 Å². The van der Waals surface area contributed by atoms with Gasteiger partial charge in [-0.2, -0.15) is 0 Å². The second-order valence-electron chi connectivity index (χ2n) is 29.2. The third-order valence-electron chi connectivity index (χ3n) is 18.1. The van der Waals surface area contributed by atoms with E-state index in [4.69, 9.17) is 9.97 Å². The van der Waals surface area contributed by atoms with E-state index in [9.17, 15) is 9.90 Å². The van der Waals surface area contributed by atoms with Gasteiger partial charge in [0.05, 0.1) is 17.5 Å². The van der Waals surface area contributed by atoms with Crippen LogP contribution in [-0.2, 0) is 54.0 Å². The second-order valence-corrected chi connectivity index (χ2v) is 29.2. The van der Waals surface area contributed by atoms with Crippen molar-refractivity contribution < 1.29 is 29.4 Å². The Kier molecular flexibility index (Phi) is 20.4. The molecule has 0 amide bonds. The topological polar surface area (TPSA) is 100 Å². The van der Waals surface area contributed by atoms with Gasteiger partial charge in [0.25, 0.3) is 0 Å². The van der Waals surface area contributed by atoms with Gasteiger partial charge < -0.3 is 29.9 Å². The molecule has 8 heteroatoms. The molecule has 8 bridgehead atoms. The van der Waals surface area contributed by atoms with Gasteiger partial charge >= 0.3 is 25.4 Å². The number of nitrogens with zero attached hydrogens (tertiary/aromatic N) is 3. The van der Waals surface area contributed by atoms with Crippen molar-refractivity contribution in [1.82, 2.24) is 19.9 Å². The van der Waals surface area contributed by atoms with Crippen molar-refractivity contribution in [3.63, 3.8) is 0 Å². The fourth-order valence-electron chi connectivity index (χ4n) is 12.5.